The SMILES string of the molecule is CCc1c(C)nc2c(F)cc(C)c(F)c2c1N. The lowest BCUT2D eigenvalue weighted by molar-refractivity contribution is 0.607. The third kappa shape index (κ3) is 1.64. The Morgan fingerprint density at radius 1 is 1.29 bits per heavy atom. The van der Waals surface area contributed by atoms with Crippen LogP contribution in [0.15, 0.2) is 6.07 Å². The Kier molecular flexibility index (Phi) is 2.73. The van der Waals surface area contributed by atoms with E-state index in [4.69, 9.17) is 5.73 Å². The van der Waals surface area contributed by atoms with Crippen LogP contribution in [0, 0.1) is 25.5 Å². The van der Waals surface area contributed by atoms with Gasteiger partial charge in [0.05, 0.1) is 5.39 Å². The van der Waals surface area contributed by atoms with Gasteiger partial charge in [0, 0.05) is 11.4 Å². The fraction of sp³-hybridized carbons (Fsp3) is 0.308. The summed E-state index contributed by atoms with van der Waals surface area (Å²) in [6.07, 6.45) is 0.648. The van der Waals surface area contributed by atoms with Gasteiger partial charge in [-0.25, -0.2) is 13.8 Å². The topological polar surface area (TPSA) is 38.9 Å². The second-order valence-corrected chi connectivity index (χ2v) is 4.16. The van der Waals surface area contributed by atoms with Crippen LogP contribution in [0.25, 0.3) is 10.9 Å². The predicted molar refractivity (Wildman–Crippen MR) is 64.9 cm³/mol. The Morgan fingerprint density at radius 3 is 2.53 bits per heavy atom. The van der Waals surface area contributed by atoms with E-state index in [0.717, 1.165) is 11.6 Å². The maximum Gasteiger partial charge on any atom is 0.149 e. The molecule has 0 spiro atoms. The molecule has 0 aliphatic carbocycles. The normalized spacial score (nSPS) is 11.1. The van der Waals surface area contributed by atoms with E-state index in [1.165, 1.54) is 6.92 Å². The minimum atomic E-state index is -0.531. The fourth-order valence-electron chi connectivity index (χ4n) is 2.12. The number of anilines is 1. The van der Waals surface area contributed by atoms with Crippen LogP contribution in [-0.2, 0) is 6.42 Å². The fourth-order valence-corrected chi connectivity index (χ4v) is 2.12. The number of nitrogens with zero attached hydrogens (tertiary/aromatic N) is 1. The van der Waals surface area contributed by atoms with Crippen molar-refractivity contribution in [2.24, 2.45) is 0 Å². The Morgan fingerprint density at radius 2 is 1.94 bits per heavy atom. The summed E-state index contributed by atoms with van der Waals surface area (Å²) in [6.45, 7) is 5.19. The van der Waals surface area contributed by atoms with E-state index in [9.17, 15) is 8.78 Å². The molecule has 2 nitrogen and oxygen atoms in total. The van der Waals surface area contributed by atoms with Crippen LogP contribution in [-0.4, -0.2) is 4.98 Å². The molecule has 0 saturated carbocycles. The lowest BCUT2D eigenvalue weighted by Gasteiger charge is -2.12. The van der Waals surface area contributed by atoms with Crippen LogP contribution in [0.3, 0.4) is 0 Å². The third-order valence-corrected chi connectivity index (χ3v) is 3.04. The predicted octanol–water partition coefficient (Wildman–Crippen LogP) is 3.27. The van der Waals surface area contributed by atoms with Gasteiger partial charge in [-0.3, -0.25) is 0 Å². The summed E-state index contributed by atoms with van der Waals surface area (Å²) in [6, 6.07) is 1.15. The summed E-state index contributed by atoms with van der Waals surface area (Å²) in [5.74, 6) is -1.02. The summed E-state index contributed by atoms with van der Waals surface area (Å²) in [5.41, 5.74) is 7.91. The molecule has 0 fully saturated rings. The Balaban J connectivity index is 3.02. The molecule has 90 valence electrons. The molecule has 1 aromatic heterocycles. The number of aryl methyl sites for hydroxylation is 2. The zero-order chi connectivity index (χ0) is 12.7. The molecular formula is C13H14F2N2. The second-order valence-electron chi connectivity index (χ2n) is 4.16. The first-order valence-corrected chi connectivity index (χ1v) is 5.50. The Labute approximate surface area is 98.5 Å². The van der Waals surface area contributed by atoms with E-state index in [1.807, 2.05) is 6.92 Å². The van der Waals surface area contributed by atoms with Crippen LogP contribution in [0.2, 0.25) is 0 Å². The average molecular weight is 236 g/mol. The van der Waals surface area contributed by atoms with Gasteiger partial charge in [0.25, 0.3) is 0 Å². The van der Waals surface area contributed by atoms with Crippen molar-refractivity contribution in [1.82, 2.24) is 4.98 Å². The van der Waals surface area contributed by atoms with Gasteiger partial charge in [-0.15, -0.1) is 0 Å². The zero-order valence-electron chi connectivity index (χ0n) is 10.1. The Bertz CT molecular complexity index is 606. The first kappa shape index (κ1) is 11.8. The van der Waals surface area contributed by atoms with Crippen molar-refractivity contribution >= 4 is 16.6 Å². The molecule has 1 aromatic carbocycles. The van der Waals surface area contributed by atoms with Gasteiger partial charge in [0.15, 0.2) is 0 Å². The van der Waals surface area contributed by atoms with Crippen molar-refractivity contribution in [3.63, 3.8) is 0 Å². The quantitative estimate of drug-likeness (QED) is 0.825. The molecule has 0 aliphatic rings. The number of aromatic nitrogens is 1. The van der Waals surface area contributed by atoms with Crippen LogP contribution in [0.1, 0.15) is 23.7 Å². The molecule has 0 unspecified atom stereocenters. The number of rotatable bonds is 1. The molecule has 2 aromatic rings. The number of halogens is 2. The number of fused-ring (bicyclic) bond motifs is 1. The zero-order valence-corrected chi connectivity index (χ0v) is 10.1. The summed E-state index contributed by atoms with van der Waals surface area (Å²) in [4.78, 5) is 4.11. The first-order valence-electron chi connectivity index (χ1n) is 5.50. The third-order valence-electron chi connectivity index (χ3n) is 3.04. The van der Waals surface area contributed by atoms with Crippen LogP contribution >= 0.6 is 0 Å². The minimum absolute atomic E-state index is 0.0142. The van der Waals surface area contributed by atoms with E-state index in [1.54, 1.807) is 6.92 Å². The van der Waals surface area contributed by atoms with Gasteiger partial charge in [-0.2, -0.15) is 0 Å². The standard InChI is InChI=1S/C13H14F2N2/c1-4-8-7(3)17-13-9(14)5-6(2)11(15)10(13)12(8)16/h5H,4H2,1-3H3,(H2,16,17). The molecule has 2 rings (SSSR count). The lowest BCUT2D eigenvalue weighted by Crippen LogP contribution is -2.04. The highest BCUT2D eigenvalue weighted by Gasteiger charge is 2.17. The number of nitrogens with two attached hydrogens (primary N) is 1. The van der Waals surface area contributed by atoms with Crippen molar-refractivity contribution in [2.75, 3.05) is 5.73 Å². The smallest absolute Gasteiger partial charge is 0.149 e. The molecule has 4 heteroatoms. The van der Waals surface area contributed by atoms with Crippen molar-refractivity contribution in [3.8, 4) is 0 Å². The molecule has 17 heavy (non-hydrogen) atoms. The first-order chi connectivity index (χ1) is 7.97. The highest BCUT2D eigenvalue weighted by molar-refractivity contribution is 5.93. The molecular weight excluding hydrogens is 222 g/mol. The van der Waals surface area contributed by atoms with Crippen LogP contribution < -0.4 is 5.73 Å². The van der Waals surface area contributed by atoms with Crippen LogP contribution in [0.4, 0.5) is 14.5 Å². The van der Waals surface area contributed by atoms with Gasteiger partial charge in [-0.05, 0) is 37.5 Å². The molecule has 0 radical (unpaired) electrons. The van der Waals surface area contributed by atoms with E-state index in [2.05, 4.69) is 4.98 Å². The number of benzene rings is 1. The largest absolute Gasteiger partial charge is 0.398 e. The monoisotopic (exact) mass is 236 g/mol. The second kappa shape index (κ2) is 3.95. The number of hydrogen-bond donors (Lipinski definition) is 1. The molecule has 0 amide bonds. The summed E-state index contributed by atoms with van der Waals surface area (Å²) in [5, 5.41) is 0.102. The molecule has 0 bridgehead atoms. The summed E-state index contributed by atoms with van der Waals surface area (Å²) >= 11 is 0. The van der Waals surface area contributed by atoms with Gasteiger partial charge in [0.2, 0.25) is 0 Å². The maximum atomic E-state index is 14.0. The number of nitrogen functional groups attached to an aromatic ring is 1. The number of hydrogen-bond acceptors (Lipinski definition) is 2. The molecule has 0 saturated heterocycles. The Hall–Kier alpha value is -1.71. The van der Waals surface area contributed by atoms with Gasteiger partial charge < -0.3 is 5.73 Å². The van der Waals surface area contributed by atoms with Gasteiger partial charge >= 0.3 is 0 Å². The lowest BCUT2D eigenvalue weighted by atomic mass is 10.0. The average Bonchev–Trinajstić information content (AvgIpc) is 2.26. The van der Waals surface area contributed by atoms with Crippen LogP contribution in [0.5, 0.6) is 0 Å². The highest BCUT2D eigenvalue weighted by Crippen LogP contribution is 2.31. The van der Waals surface area contributed by atoms with Crippen molar-refractivity contribution < 1.29 is 8.78 Å². The summed E-state index contributed by atoms with van der Waals surface area (Å²) in [7, 11) is 0. The van der Waals surface area contributed by atoms with Gasteiger partial charge in [-0.1, -0.05) is 6.92 Å². The molecule has 0 aliphatic heterocycles. The van der Waals surface area contributed by atoms with Crippen molar-refractivity contribution in [3.05, 3.63) is 34.5 Å². The van der Waals surface area contributed by atoms with Crippen molar-refractivity contribution in [1.29, 1.82) is 0 Å². The van der Waals surface area contributed by atoms with Crippen molar-refractivity contribution in [2.45, 2.75) is 27.2 Å². The highest BCUT2D eigenvalue weighted by atomic mass is 19.1. The summed E-state index contributed by atoms with van der Waals surface area (Å²) < 4.78 is 27.7. The maximum absolute atomic E-state index is 14.0. The molecule has 1 heterocycles. The van der Waals surface area contributed by atoms with E-state index in [0.29, 0.717) is 17.8 Å². The number of pyridine rings is 1. The van der Waals surface area contributed by atoms with E-state index in [-0.39, 0.29) is 16.5 Å². The van der Waals surface area contributed by atoms with E-state index < -0.39 is 11.6 Å². The molecule has 0 atom stereocenters. The van der Waals surface area contributed by atoms with E-state index >= 15 is 0 Å². The minimum Gasteiger partial charge on any atom is -0.398 e. The van der Waals surface area contributed by atoms with Gasteiger partial charge in [0.1, 0.15) is 17.2 Å². The molecule has 2 N–H and O–H groups in total.